The maximum absolute atomic E-state index is 14.0. The highest BCUT2D eigenvalue weighted by molar-refractivity contribution is 9.08. The third-order valence-electron chi connectivity index (χ3n) is 11.2. The number of hydrogen-bond donors (Lipinski definition) is 0. The van der Waals surface area contributed by atoms with Crippen LogP contribution in [0.3, 0.4) is 0 Å². The van der Waals surface area contributed by atoms with E-state index in [9.17, 15) is 9.59 Å². The van der Waals surface area contributed by atoms with Gasteiger partial charge in [0.2, 0.25) is 0 Å². The molecule has 0 unspecified atom stereocenters. The zero-order valence-corrected chi connectivity index (χ0v) is 34.0. The summed E-state index contributed by atoms with van der Waals surface area (Å²) in [5, 5.41) is 0.627. The van der Waals surface area contributed by atoms with E-state index in [1.807, 2.05) is 52.6 Å². The lowest BCUT2D eigenvalue weighted by Gasteiger charge is -2.34. The number of halogens is 1. The quantitative estimate of drug-likeness (QED) is 0.130. The van der Waals surface area contributed by atoms with E-state index in [0.29, 0.717) is 76.8 Å². The number of alkyl halides is 1. The number of carbonyl (C=O) groups is 2. The van der Waals surface area contributed by atoms with Crippen LogP contribution in [0.15, 0.2) is 94.9 Å². The van der Waals surface area contributed by atoms with Gasteiger partial charge in [-0.3, -0.25) is 19.6 Å². The van der Waals surface area contributed by atoms with E-state index >= 15 is 0 Å². The van der Waals surface area contributed by atoms with E-state index < -0.39 is 0 Å². The van der Waals surface area contributed by atoms with Gasteiger partial charge in [-0.15, -0.1) is 0 Å². The molecule has 5 aromatic rings. The smallest absolute Gasteiger partial charge is 0.257 e. The maximum Gasteiger partial charge on any atom is 0.257 e. The van der Waals surface area contributed by atoms with Crippen molar-refractivity contribution in [1.29, 1.82) is 0 Å². The van der Waals surface area contributed by atoms with E-state index in [-0.39, 0.29) is 37.1 Å². The van der Waals surface area contributed by atoms with Crippen LogP contribution >= 0.6 is 15.9 Å². The summed E-state index contributed by atoms with van der Waals surface area (Å²) in [6.07, 6.45) is 5.10. The molecule has 0 aromatic heterocycles. The summed E-state index contributed by atoms with van der Waals surface area (Å²) in [6, 6.07) is 27.1. The number of fused-ring (bicyclic) bond motifs is 6. The van der Waals surface area contributed by atoms with Crippen molar-refractivity contribution in [2.75, 3.05) is 21.3 Å². The SMILES string of the molecule is COc1ccc2c(c1)CN1C(=O)c3cc(OC)c(OCc4cc(CBr)cc(COc5cc6c(cc5OC)C(=O)N5Cc7ccccc7C[C@H]5C=N6)c4)cc3N=C[C@@H]1C2. The van der Waals surface area contributed by atoms with Crippen LogP contribution in [0.1, 0.15) is 59.7 Å². The third kappa shape index (κ3) is 7.06. The lowest BCUT2D eigenvalue weighted by atomic mass is 9.94. The lowest BCUT2D eigenvalue weighted by Crippen LogP contribution is -2.44. The minimum Gasteiger partial charge on any atom is -0.497 e. The molecule has 58 heavy (non-hydrogen) atoms. The molecule has 0 bridgehead atoms. The standard InChI is InChI=1S/C46H41BrN4O7/c1-54-36-9-8-31-14-35-22-49-40-19-44(42(56-3)17-38(40)46(53)51(35)24-33(31)15-36)58-26-29-11-27(20-47)10-28(12-29)25-57-43-18-39-37(16-41(43)55-2)45(52)50-23-32-7-5-4-6-30(32)13-34(50)21-48-39/h4-12,15-19,21-22,34-35H,13-14,20,23-26H2,1-3H3/t34-,35-/m0/s1. The Morgan fingerprint density at radius 1 is 0.586 bits per heavy atom. The Morgan fingerprint density at radius 2 is 1.10 bits per heavy atom. The number of ether oxygens (including phenoxy) is 5. The predicted molar refractivity (Wildman–Crippen MR) is 224 cm³/mol. The van der Waals surface area contributed by atoms with Gasteiger partial charge in [0.1, 0.15) is 19.0 Å². The fourth-order valence-electron chi connectivity index (χ4n) is 8.22. The molecule has 4 aliphatic rings. The number of aliphatic imine (C=N–C) groups is 2. The molecule has 0 saturated carbocycles. The van der Waals surface area contributed by atoms with Crippen molar-refractivity contribution in [3.63, 3.8) is 0 Å². The molecule has 0 saturated heterocycles. The molecule has 2 amide bonds. The van der Waals surface area contributed by atoms with Crippen LogP contribution in [-0.2, 0) is 44.5 Å². The number of amides is 2. The van der Waals surface area contributed by atoms with Gasteiger partial charge in [-0.2, -0.15) is 0 Å². The number of benzene rings is 5. The molecule has 4 aliphatic heterocycles. The number of hydrogen-bond acceptors (Lipinski definition) is 9. The molecule has 0 aliphatic carbocycles. The van der Waals surface area contributed by atoms with E-state index in [4.69, 9.17) is 33.7 Å². The average Bonchev–Trinajstić information content (AvgIpc) is 3.47. The van der Waals surface area contributed by atoms with E-state index in [0.717, 1.165) is 33.6 Å². The second kappa shape index (κ2) is 15.7. The van der Waals surface area contributed by atoms with Gasteiger partial charge >= 0.3 is 0 Å². The number of methoxy groups -OCH3 is 3. The highest BCUT2D eigenvalue weighted by Crippen LogP contribution is 2.41. The van der Waals surface area contributed by atoms with Crippen molar-refractivity contribution >= 4 is 51.5 Å². The Hall–Kier alpha value is -6.14. The molecule has 5 aromatic carbocycles. The van der Waals surface area contributed by atoms with Crippen LogP contribution in [-0.4, -0.2) is 67.5 Å². The average molecular weight is 842 g/mol. The highest BCUT2D eigenvalue weighted by Gasteiger charge is 2.35. The second-order valence-electron chi connectivity index (χ2n) is 14.8. The summed E-state index contributed by atoms with van der Waals surface area (Å²) in [5.41, 5.74) is 9.52. The van der Waals surface area contributed by atoms with Crippen LogP contribution in [0.4, 0.5) is 11.4 Å². The zero-order valence-electron chi connectivity index (χ0n) is 32.4. The Kier molecular flexibility index (Phi) is 10.1. The molecule has 9 rings (SSSR count). The predicted octanol–water partition coefficient (Wildman–Crippen LogP) is 8.33. The van der Waals surface area contributed by atoms with Crippen molar-refractivity contribution < 1.29 is 33.3 Å². The van der Waals surface area contributed by atoms with Gasteiger partial charge in [0, 0.05) is 43.0 Å². The number of rotatable bonds is 10. The summed E-state index contributed by atoms with van der Waals surface area (Å²) < 4.78 is 29.7. The fourth-order valence-corrected chi connectivity index (χ4v) is 8.54. The molecule has 4 heterocycles. The summed E-state index contributed by atoms with van der Waals surface area (Å²) in [4.78, 5) is 41.1. The van der Waals surface area contributed by atoms with Crippen molar-refractivity contribution in [1.82, 2.24) is 9.80 Å². The van der Waals surface area contributed by atoms with Crippen molar-refractivity contribution in [2.24, 2.45) is 9.98 Å². The van der Waals surface area contributed by atoms with Crippen LogP contribution in [0, 0.1) is 0 Å². The maximum atomic E-state index is 14.0. The van der Waals surface area contributed by atoms with Crippen molar-refractivity contribution in [3.8, 4) is 28.7 Å². The van der Waals surface area contributed by atoms with Gasteiger partial charge < -0.3 is 33.5 Å². The summed E-state index contributed by atoms with van der Waals surface area (Å²) in [6.45, 7) is 1.45. The van der Waals surface area contributed by atoms with E-state index in [1.54, 1.807) is 45.6 Å². The monoisotopic (exact) mass is 840 g/mol. The van der Waals surface area contributed by atoms with Gasteiger partial charge in [-0.1, -0.05) is 58.4 Å². The Morgan fingerprint density at radius 3 is 1.64 bits per heavy atom. The molecule has 0 N–H and O–H groups in total. The number of nitrogens with zero attached hydrogens (tertiary/aromatic N) is 4. The number of carbonyl (C=O) groups excluding carboxylic acids is 2. The zero-order chi connectivity index (χ0) is 39.9. The normalized spacial score (nSPS) is 17.4. The molecular formula is C46H41BrN4O7. The van der Waals surface area contributed by atoms with Gasteiger partial charge in [-0.25, -0.2) is 0 Å². The highest BCUT2D eigenvalue weighted by atomic mass is 79.9. The summed E-state index contributed by atoms with van der Waals surface area (Å²) in [5.74, 6) is 2.43. The molecule has 11 nitrogen and oxygen atoms in total. The summed E-state index contributed by atoms with van der Waals surface area (Å²) in [7, 11) is 4.78. The lowest BCUT2D eigenvalue weighted by molar-refractivity contribution is 0.0695. The van der Waals surface area contributed by atoms with Gasteiger partial charge in [0.05, 0.1) is 55.9 Å². The van der Waals surface area contributed by atoms with Gasteiger partial charge in [0.15, 0.2) is 23.0 Å². The molecular weight excluding hydrogens is 800 g/mol. The van der Waals surface area contributed by atoms with Crippen LogP contribution < -0.4 is 23.7 Å². The Balaban J connectivity index is 0.920. The topological polar surface area (TPSA) is 111 Å². The van der Waals surface area contributed by atoms with Crippen LogP contribution in [0.25, 0.3) is 0 Å². The van der Waals surface area contributed by atoms with Crippen molar-refractivity contribution in [3.05, 3.63) is 135 Å². The summed E-state index contributed by atoms with van der Waals surface area (Å²) >= 11 is 3.62. The van der Waals surface area contributed by atoms with Crippen molar-refractivity contribution in [2.45, 2.75) is 56.6 Å². The molecule has 2 atom stereocenters. The van der Waals surface area contributed by atoms with Crippen LogP contribution in [0.2, 0.25) is 0 Å². The first-order chi connectivity index (χ1) is 28.3. The minimum absolute atomic E-state index is 0.0841. The molecule has 0 spiro atoms. The molecule has 294 valence electrons. The third-order valence-corrected chi connectivity index (χ3v) is 11.9. The first kappa shape index (κ1) is 37.4. The van der Waals surface area contributed by atoms with E-state index in [1.165, 1.54) is 11.1 Å². The largest absolute Gasteiger partial charge is 0.497 e. The van der Waals surface area contributed by atoms with Gasteiger partial charge in [-0.05, 0) is 82.1 Å². The molecule has 0 fully saturated rings. The molecule has 0 radical (unpaired) electrons. The molecule has 12 heteroatoms. The van der Waals surface area contributed by atoms with E-state index in [2.05, 4.69) is 46.3 Å². The minimum atomic E-state index is -0.175. The Bertz CT molecular complexity index is 2520. The van der Waals surface area contributed by atoms with Crippen LogP contribution in [0.5, 0.6) is 28.7 Å². The van der Waals surface area contributed by atoms with Gasteiger partial charge in [0.25, 0.3) is 11.8 Å². The fraction of sp³-hybridized carbons (Fsp3) is 0.261. The Labute approximate surface area is 345 Å². The first-order valence-electron chi connectivity index (χ1n) is 19.1. The first-order valence-corrected chi connectivity index (χ1v) is 20.2. The second-order valence-corrected chi connectivity index (χ2v) is 15.3.